The SMILES string of the molecule is Cn1nc(-c2ccc(CC(=O)c3ccccc3)cc2)cc1NC(=O)c1cccc(Cl)c1. The van der Waals surface area contributed by atoms with Crippen LogP contribution in [0.25, 0.3) is 11.3 Å². The number of Topliss-reactive ketones (excluding diaryl/α,β-unsaturated/α-hetero) is 1. The van der Waals surface area contributed by atoms with Crippen LogP contribution in [-0.2, 0) is 13.5 Å². The number of amides is 1. The number of rotatable bonds is 6. The summed E-state index contributed by atoms with van der Waals surface area (Å²) in [7, 11) is 1.77. The molecule has 0 aliphatic heterocycles. The molecule has 4 rings (SSSR count). The highest BCUT2D eigenvalue weighted by Gasteiger charge is 2.13. The van der Waals surface area contributed by atoms with Crippen LogP contribution in [0.15, 0.2) is 84.9 Å². The van der Waals surface area contributed by atoms with Gasteiger partial charge in [-0.05, 0) is 23.8 Å². The van der Waals surface area contributed by atoms with E-state index >= 15 is 0 Å². The Kier molecular flexibility index (Phi) is 5.96. The summed E-state index contributed by atoms with van der Waals surface area (Å²) in [4.78, 5) is 24.9. The van der Waals surface area contributed by atoms with Crippen molar-refractivity contribution in [3.8, 4) is 11.3 Å². The minimum atomic E-state index is -0.258. The molecule has 31 heavy (non-hydrogen) atoms. The molecule has 0 atom stereocenters. The first-order valence-corrected chi connectivity index (χ1v) is 10.2. The van der Waals surface area contributed by atoms with Crippen molar-refractivity contribution in [2.45, 2.75) is 6.42 Å². The standard InChI is InChI=1S/C25H20ClN3O2/c1-29-24(27-25(31)20-8-5-9-21(26)15-20)16-22(28-29)18-12-10-17(11-13-18)14-23(30)19-6-3-2-4-7-19/h2-13,15-16H,14H2,1H3,(H,27,31). The number of carbonyl (C=O) groups excluding carboxylic acids is 2. The van der Waals surface area contributed by atoms with Crippen molar-refractivity contribution in [3.05, 3.63) is 107 Å². The first-order chi connectivity index (χ1) is 15.0. The number of aryl methyl sites for hydroxylation is 1. The number of ketones is 1. The third-order valence-corrected chi connectivity index (χ3v) is 5.15. The van der Waals surface area contributed by atoms with E-state index in [0.29, 0.717) is 28.4 Å². The lowest BCUT2D eigenvalue weighted by Gasteiger charge is -2.05. The highest BCUT2D eigenvalue weighted by molar-refractivity contribution is 6.31. The van der Waals surface area contributed by atoms with Crippen LogP contribution in [0.1, 0.15) is 26.3 Å². The van der Waals surface area contributed by atoms with E-state index < -0.39 is 0 Å². The number of aromatic nitrogens is 2. The lowest BCUT2D eigenvalue weighted by Crippen LogP contribution is -2.14. The van der Waals surface area contributed by atoms with E-state index in [1.807, 2.05) is 60.7 Å². The quantitative estimate of drug-likeness (QED) is 0.416. The Hall–Kier alpha value is -3.70. The molecule has 1 amide bonds. The molecule has 0 spiro atoms. The minimum absolute atomic E-state index is 0.0807. The van der Waals surface area contributed by atoms with Crippen molar-refractivity contribution < 1.29 is 9.59 Å². The lowest BCUT2D eigenvalue weighted by atomic mass is 10.0. The zero-order chi connectivity index (χ0) is 21.8. The van der Waals surface area contributed by atoms with Gasteiger partial charge in [-0.1, -0.05) is 72.3 Å². The third kappa shape index (κ3) is 4.90. The predicted octanol–water partition coefficient (Wildman–Crippen LogP) is 5.42. The maximum atomic E-state index is 12.5. The topological polar surface area (TPSA) is 64.0 Å². The van der Waals surface area contributed by atoms with E-state index in [0.717, 1.165) is 16.8 Å². The van der Waals surface area contributed by atoms with Crippen LogP contribution in [0.4, 0.5) is 5.82 Å². The van der Waals surface area contributed by atoms with Crippen molar-refractivity contribution in [2.24, 2.45) is 7.05 Å². The largest absolute Gasteiger partial charge is 0.307 e. The molecule has 154 valence electrons. The van der Waals surface area contributed by atoms with E-state index in [4.69, 9.17) is 11.6 Å². The zero-order valence-corrected chi connectivity index (χ0v) is 17.6. The molecule has 0 fully saturated rings. The van der Waals surface area contributed by atoms with E-state index in [2.05, 4.69) is 10.4 Å². The van der Waals surface area contributed by atoms with Gasteiger partial charge in [0.05, 0.1) is 5.69 Å². The summed E-state index contributed by atoms with van der Waals surface area (Å²) in [5, 5.41) is 7.85. The summed E-state index contributed by atoms with van der Waals surface area (Å²) in [6.07, 6.45) is 0.341. The van der Waals surface area contributed by atoms with Gasteiger partial charge in [-0.15, -0.1) is 0 Å². The second-order valence-corrected chi connectivity index (χ2v) is 7.60. The molecule has 0 unspecified atom stereocenters. The first kappa shape index (κ1) is 20.6. The van der Waals surface area contributed by atoms with Crippen molar-refractivity contribution in [1.29, 1.82) is 0 Å². The molecule has 3 aromatic carbocycles. The predicted molar refractivity (Wildman–Crippen MR) is 123 cm³/mol. The Labute approximate surface area is 185 Å². The van der Waals surface area contributed by atoms with E-state index in [9.17, 15) is 9.59 Å². The van der Waals surface area contributed by atoms with Crippen LogP contribution in [0, 0.1) is 0 Å². The monoisotopic (exact) mass is 429 g/mol. The Morgan fingerprint density at radius 2 is 1.61 bits per heavy atom. The van der Waals surface area contributed by atoms with Crippen LogP contribution < -0.4 is 5.32 Å². The van der Waals surface area contributed by atoms with Crippen molar-refractivity contribution in [2.75, 3.05) is 5.32 Å². The molecule has 0 aliphatic carbocycles. The average molecular weight is 430 g/mol. The zero-order valence-electron chi connectivity index (χ0n) is 16.9. The Morgan fingerprint density at radius 1 is 0.903 bits per heavy atom. The number of nitrogens with zero attached hydrogens (tertiary/aromatic N) is 2. The van der Waals surface area contributed by atoms with Crippen LogP contribution in [0.3, 0.4) is 0 Å². The number of hydrogen-bond acceptors (Lipinski definition) is 3. The molecule has 1 aromatic heterocycles. The van der Waals surface area contributed by atoms with Gasteiger partial charge in [0.25, 0.3) is 5.91 Å². The number of anilines is 1. The Morgan fingerprint density at radius 3 is 2.32 bits per heavy atom. The van der Waals surface area contributed by atoms with Crippen LogP contribution in [0.5, 0.6) is 0 Å². The van der Waals surface area contributed by atoms with Gasteiger partial charge in [-0.25, -0.2) is 0 Å². The lowest BCUT2D eigenvalue weighted by molar-refractivity contribution is 0.0991. The van der Waals surface area contributed by atoms with Crippen molar-refractivity contribution in [1.82, 2.24) is 9.78 Å². The summed E-state index contributed by atoms with van der Waals surface area (Å²) in [5.41, 5.74) is 3.74. The van der Waals surface area contributed by atoms with Gasteiger partial charge in [0, 0.05) is 41.2 Å². The second-order valence-electron chi connectivity index (χ2n) is 7.17. The number of carbonyl (C=O) groups is 2. The van der Waals surface area contributed by atoms with Crippen LogP contribution in [-0.4, -0.2) is 21.5 Å². The fourth-order valence-corrected chi connectivity index (χ4v) is 3.44. The minimum Gasteiger partial charge on any atom is -0.307 e. The molecule has 4 aromatic rings. The summed E-state index contributed by atoms with van der Waals surface area (Å²) < 4.78 is 1.62. The van der Waals surface area contributed by atoms with E-state index in [1.54, 1.807) is 36.0 Å². The molecule has 0 saturated carbocycles. The van der Waals surface area contributed by atoms with Gasteiger partial charge in [-0.2, -0.15) is 5.10 Å². The number of benzene rings is 3. The Bertz CT molecular complexity index is 1230. The molecule has 0 aliphatic rings. The molecule has 0 radical (unpaired) electrons. The van der Waals surface area contributed by atoms with Gasteiger partial charge in [-0.3, -0.25) is 14.3 Å². The van der Waals surface area contributed by atoms with Gasteiger partial charge in [0.2, 0.25) is 0 Å². The van der Waals surface area contributed by atoms with Crippen molar-refractivity contribution >= 4 is 29.1 Å². The fraction of sp³-hybridized carbons (Fsp3) is 0.0800. The highest BCUT2D eigenvalue weighted by atomic mass is 35.5. The normalized spacial score (nSPS) is 10.6. The smallest absolute Gasteiger partial charge is 0.256 e. The molecule has 0 bridgehead atoms. The first-order valence-electron chi connectivity index (χ1n) is 9.78. The molecule has 0 saturated heterocycles. The molecular formula is C25H20ClN3O2. The summed E-state index contributed by atoms with van der Waals surface area (Å²) >= 11 is 5.97. The van der Waals surface area contributed by atoms with Crippen LogP contribution in [0.2, 0.25) is 5.02 Å². The number of hydrogen-bond donors (Lipinski definition) is 1. The van der Waals surface area contributed by atoms with E-state index in [1.165, 1.54) is 0 Å². The molecular weight excluding hydrogens is 410 g/mol. The van der Waals surface area contributed by atoms with Gasteiger partial charge in [0.15, 0.2) is 5.78 Å². The maximum absolute atomic E-state index is 12.5. The molecule has 5 nitrogen and oxygen atoms in total. The maximum Gasteiger partial charge on any atom is 0.256 e. The van der Waals surface area contributed by atoms with Gasteiger partial charge >= 0.3 is 0 Å². The third-order valence-electron chi connectivity index (χ3n) is 4.92. The average Bonchev–Trinajstić information content (AvgIpc) is 3.15. The van der Waals surface area contributed by atoms with Crippen molar-refractivity contribution in [3.63, 3.8) is 0 Å². The van der Waals surface area contributed by atoms with Gasteiger partial charge in [0.1, 0.15) is 5.82 Å². The molecule has 1 N–H and O–H groups in total. The summed E-state index contributed by atoms with van der Waals surface area (Å²) in [5.74, 6) is 0.396. The van der Waals surface area contributed by atoms with E-state index in [-0.39, 0.29) is 11.7 Å². The number of nitrogens with one attached hydrogen (secondary N) is 1. The molecule has 1 heterocycles. The fourth-order valence-electron chi connectivity index (χ4n) is 3.25. The highest BCUT2D eigenvalue weighted by Crippen LogP contribution is 2.23. The molecule has 6 heteroatoms. The van der Waals surface area contributed by atoms with Gasteiger partial charge < -0.3 is 5.32 Å². The summed E-state index contributed by atoms with van der Waals surface area (Å²) in [6, 6.07) is 25.6. The van der Waals surface area contributed by atoms with Crippen LogP contribution >= 0.6 is 11.6 Å². The number of halogens is 1. The Balaban J connectivity index is 1.46. The summed E-state index contributed by atoms with van der Waals surface area (Å²) in [6.45, 7) is 0. The second kappa shape index (κ2) is 8.98.